The molecule has 1 aromatic carbocycles. The number of pyridine rings is 1. The van der Waals surface area contributed by atoms with Crippen molar-refractivity contribution in [3.05, 3.63) is 59.9 Å². The zero-order valence-electron chi connectivity index (χ0n) is 14.0. The fraction of sp³-hybridized carbons (Fsp3) is 0.167. The minimum Gasteiger partial charge on any atom is -0.433 e. The van der Waals surface area contributed by atoms with E-state index in [2.05, 4.69) is 10.1 Å². The number of rotatable bonds is 1. The summed E-state index contributed by atoms with van der Waals surface area (Å²) in [5.74, 6) is -1.52. The number of hydrogen-bond donors (Lipinski definition) is 0. The topological polar surface area (TPSA) is 92.2 Å². The highest BCUT2D eigenvalue weighted by molar-refractivity contribution is 6.23. The molecular formula is C18H14N4O4. The zero-order valence-corrected chi connectivity index (χ0v) is 14.0. The van der Waals surface area contributed by atoms with Crippen molar-refractivity contribution in [2.75, 3.05) is 4.90 Å². The van der Waals surface area contributed by atoms with Crippen LogP contribution < -0.4 is 4.90 Å². The first-order chi connectivity index (χ1) is 12.5. The van der Waals surface area contributed by atoms with Gasteiger partial charge in [0, 0.05) is 31.8 Å². The van der Waals surface area contributed by atoms with Gasteiger partial charge in [0.15, 0.2) is 0 Å². The number of hydrogen-bond acceptors (Lipinski definition) is 6. The summed E-state index contributed by atoms with van der Waals surface area (Å²) in [4.78, 5) is 42.5. The maximum absolute atomic E-state index is 13.2. The van der Waals surface area contributed by atoms with Crippen molar-refractivity contribution in [3.8, 4) is 0 Å². The average Bonchev–Trinajstić information content (AvgIpc) is 3.15. The number of carbonyl (C=O) groups is 3. The molecule has 1 atom stereocenters. The Kier molecular flexibility index (Phi) is 3.36. The molecule has 2 aliphatic rings. The smallest absolute Gasteiger partial charge is 0.314 e. The summed E-state index contributed by atoms with van der Waals surface area (Å²) >= 11 is 0. The predicted octanol–water partition coefficient (Wildman–Crippen LogP) is 1.37. The largest absolute Gasteiger partial charge is 0.433 e. The van der Waals surface area contributed by atoms with Crippen molar-refractivity contribution in [1.82, 2.24) is 9.99 Å². The van der Waals surface area contributed by atoms with Gasteiger partial charge in [0.1, 0.15) is 0 Å². The van der Waals surface area contributed by atoms with Crippen LogP contribution in [0.25, 0.3) is 0 Å². The first-order valence-electron chi connectivity index (χ1n) is 7.90. The second-order valence-corrected chi connectivity index (χ2v) is 5.89. The maximum Gasteiger partial charge on any atom is 0.314 e. The van der Waals surface area contributed by atoms with Gasteiger partial charge in [-0.2, -0.15) is 5.01 Å². The maximum atomic E-state index is 13.2. The highest BCUT2D eigenvalue weighted by Gasteiger charge is 2.63. The van der Waals surface area contributed by atoms with Gasteiger partial charge in [-0.25, -0.2) is 4.90 Å². The monoisotopic (exact) mass is 350 g/mol. The molecule has 0 fully saturated rings. The van der Waals surface area contributed by atoms with Crippen LogP contribution in [-0.2, 0) is 24.8 Å². The van der Waals surface area contributed by atoms with Crippen molar-refractivity contribution in [3.63, 3.8) is 0 Å². The van der Waals surface area contributed by atoms with E-state index in [1.54, 1.807) is 48.8 Å². The molecule has 8 heteroatoms. The molecule has 0 saturated carbocycles. The molecule has 130 valence electrons. The van der Waals surface area contributed by atoms with E-state index in [1.165, 1.54) is 13.8 Å². The molecule has 2 aromatic rings. The van der Waals surface area contributed by atoms with Crippen LogP contribution in [0.2, 0.25) is 0 Å². The normalized spacial score (nSPS) is 20.8. The van der Waals surface area contributed by atoms with Gasteiger partial charge in [0.2, 0.25) is 17.7 Å². The first kappa shape index (κ1) is 15.9. The Labute approximate surface area is 148 Å². The quantitative estimate of drug-likeness (QED) is 0.774. The summed E-state index contributed by atoms with van der Waals surface area (Å²) in [6.07, 6.45) is 3.10. The molecule has 0 unspecified atom stereocenters. The van der Waals surface area contributed by atoms with Gasteiger partial charge in [-0.3, -0.25) is 19.4 Å². The number of para-hydroxylation sites is 1. The molecule has 26 heavy (non-hydrogen) atoms. The third-order valence-electron chi connectivity index (χ3n) is 4.28. The van der Waals surface area contributed by atoms with E-state index in [-0.39, 0.29) is 5.90 Å². The Morgan fingerprint density at radius 1 is 1.04 bits per heavy atom. The van der Waals surface area contributed by atoms with Crippen molar-refractivity contribution < 1.29 is 19.1 Å². The molecule has 0 N–H and O–H groups in total. The standard InChI is InChI=1S/C18H14N4O4/c1-11(23)21-15-6-4-3-5-14(15)18(17(21)25)22(12(2)24)20-16(26-18)13-7-9-19-10-8-13/h3-10H,1-2H3/t18-/m0/s1. The summed E-state index contributed by atoms with van der Waals surface area (Å²) in [6, 6.07) is 10.0. The van der Waals surface area contributed by atoms with Crippen LogP contribution in [0.4, 0.5) is 5.69 Å². The number of ether oxygens (including phenoxy) is 1. The van der Waals surface area contributed by atoms with Crippen LogP contribution in [0.1, 0.15) is 25.0 Å². The van der Waals surface area contributed by atoms with Gasteiger partial charge in [-0.05, 0) is 18.2 Å². The molecule has 0 aliphatic carbocycles. The van der Waals surface area contributed by atoms with Crippen molar-refractivity contribution in [2.24, 2.45) is 5.10 Å². The van der Waals surface area contributed by atoms with Gasteiger partial charge in [0.05, 0.1) is 11.3 Å². The number of imide groups is 1. The lowest BCUT2D eigenvalue weighted by molar-refractivity contribution is -0.162. The Hall–Kier alpha value is -3.55. The number of anilines is 1. The van der Waals surface area contributed by atoms with Crippen LogP contribution in [-0.4, -0.2) is 33.6 Å². The highest BCUT2D eigenvalue weighted by Crippen LogP contribution is 2.48. The lowest BCUT2D eigenvalue weighted by Crippen LogP contribution is -2.52. The van der Waals surface area contributed by atoms with E-state index in [0.29, 0.717) is 16.8 Å². The molecule has 8 nitrogen and oxygen atoms in total. The van der Waals surface area contributed by atoms with Gasteiger partial charge in [0.25, 0.3) is 0 Å². The molecular weight excluding hydrogens is 336 g/mol. The lowest BCUT2D eigenvalue weighted by Gasteiger charge is -2.28. The second-order valence-electron chi connectivity index (χ2n) is 5.89. The molecule has 4 rings (SSSR count). The minimum absolute atomic E-state index is 0.108. The van der Waals surface area contributed by atoms with E-state index >= 15 is 0 Å². The fourth-order valence-corrected chi connectivity index (χ4v) is 3.22. The Balaban J connectivity index is 1.92. The van der Waals surface area contributed by atoms with E-state index in [9.17, 15) is 14.4 Å². The van der Waals surface area contributed by atoms with Gasteiger partial charge < -0.3 is 4.74 Å². The molecule has 0 radical (unpaired) electrons. The predicted molar refractivity (Wildman–Crippen MR) is 90.7 cm³/mol. The summed E-state index contributed by atoms with van der Waals surface area (Å²) in [6.45, 7) is 2.57. The molecule has 3 heterocycles. The van der Waals surface area contributed by atoms with Crippen LogP contribution in [0.15, 0.2) is 53.9 Å². The Morgan fingerprint density at radius 3 is 2.38 bits per heavy atom. The third kappa shape index (κ3) is 1.98. The lowest BCUT2D eigenvalue weighted by atomic mass is 10.0. The SMILES string of the molecule is CC(=O)N1C(=O)[C@@]2(OC(c3ccncc3)=NN2C(C)=O)c2ccccc21. The number of hydrazone groups is 1. The molecule has 0 bridgehead atoms. The highest BCUT2D eigenvalue weighted by atomic mass is 16.6. The van der Waals surface area contributed by atoms with Crippen LogP contribution in [0.5, 0.6) is 0 Å². The number of aromatic nitrogens is 1. The summed E-state index contributed by atoms with van der Waals surface area (Å²) in [7, 11) is 0. The summed E-state index contributed by atoms with van der Waals surface area (Å²) in [5, 5.41) is 5.22. The summed E-state index contributed by atoms with van der Waals surface area (Å²) in [5.41, 5.74) is -0.493. The number of nitrogens with zero attached hydrogens (tertiary/aromatic N) is 4. The van der Waals surface area contributed by atoms with E-state index < -0.39 is 23.4 Å². The van der Waals surface area contributed by atoms with E-state index in [4.69, 9.17) is 4.74 Å². The number of benzene rings is 1. The van der Waals surface area contributed by atoms with Gasteiger partial charge >= 0.3 is 11.6 Å². The average molecular weight is 350 g/mol. The molecule has 1 aromatic heterocycles. The summed E-state index contributed by atoms with van der Waals surface area (Å²) < 4.78 is 5.97. The second kappa shape index (κ2) is 5.48. The number of amides is 3. The first-order valence-corrected chi connectivity index (χ1v) is 7.90. The minimum atomic E-state index is -1.83. The van der Waals surface area contributed by atoms with Crippen molar-refractivity contribution in [2.45, 2.75) is 19.6 Å². The zero-order chi connectivity index (χ0) is 18.5. The van der Waals surface area contributed by atoms with Crippen molar-refractivity contribution >= 4 is 29.3 Å². The third-order valence-corrected chi connectivity index (χ3v) is 4.28. The van der Waals surface area contributed by atoms with Crippen LogP contribution in [0.3, 0.4) is 0 Å². The Morgan fingerprint density at radius 2 is 1.73 bits per heavy atom. The molecule has 1 spiro atoms. The van der Waals surface area contributed by atoms with Gasteiger partial charge in [-0.15, -0.1) is 5.10 Å². The van der Waals surface area contributed by atoms with Crippen molar-refractivity contribution in [1.29, 1.82) is 0 Å². The van der Waals surface area contributed by atoms with Crippen LogP contribution >= 0.6 is 0 Å². The van der Waals surface area contributed by atoms with E-state index in [1.807, 2.05) is 0 Å². The van der Waals surface area contributed by atoms with Crippen LogP contribution in [0, 0.1) is 0 Å². The molecule has 2 aliphatic heterocycles. The number of fused-ring (bicyclic) bond motifs is 2. The number of carbonyl (C=O) groups excluding carboxylic acids is 3. The molecule has 3 amide bonds. The van der Waals surface area contributed by atoms with Gasteiger partial charge in [-0.1, -0.05) is 18.2 Å². The molecule has 0 saturated heterocycles. The Bertz CT molecular complexity index is 972. The fourth-order valence-electron chi connectivity index (χ4n) is 3.22. The van der Waals surface area contributed by atoms with E-state index in [0.717, 1.165) is 9.91 Å².